The first-order valence-electron chi connectivity index (χ1n) is 6.59. The predicted molar refractivity (Wildman–Crippen MR) is 72.7 cm³/mol. The van der Waals surface area contributed by atoms with Crippen molar-refractivity contribution >= 4 is 0 Å². The third kappa shape index (κ3) is 2.31. The topological polar surface area (TPSA) is 29.9 Å². The highest BCUT2D eigenvalue weighted by molar-refractivity contribution is 5.33. The first kappa shape index (κ1) is 11.5. The second-order valence-electron chi connectivity index (χ2n) is 5.38. The van der Waals surface area contributed by atoms with Crippen molar-refractivity contribution in [1.29, 1.82) is 0 Å². The van der Waals surface area contributed by atoms with Crippen LogP contribution in [0.1, 0.15) is 31.7 Å². The largest absolute Gasteiger partial charge is 0.307 e. The Bertz CT molecular complexity index is 495. The van der Waals surface area contributed by atoms with Gasteiger partial charge in [0.1, 0.15) is 0 Å². The van der Waals surface area contributed by atoms with Crippen molar-refractivity contribution in [2.45, 2.75) is 38.3 Å². The van der Waals surface area contributed by atoms with Gasteiger partial charge in [0.15, 0.2) is 0 Å². The van der Waals surface area contributed by atoms with E-state index in [-0.39, 0.29) is 0 Å². The number of hydrogen-bond donors (Lipinski definition) is 1. The van der Waals surface area contributed by atoms with Gasteiger partial charge in [-0.3, -0.25) is 0 Å². The van der Waals surface area contributed by atoms with Crippen LogP contribution in [-0.2, 0) is 6.54 Å². The molecule has 18 heavy (non-hydrogen) atoms. The first-order valence-corrected chi connectivity index (χ1v) is 6.59. The number of rotatable bonds is 4. The van der Waals surface area contributed by atoms with E-state index in [0.29, 0.717) is 5.54 Å². The Balaban J connectivity index is 1.64. The highest BCUT2D eigenvalue weighted by Gasteiger charge is 2.30. The molecule has 1 heterocycles. The average molecular weight is 241 g/mol. The van der Waals surface area contributed by atoms with Crippen LogP contribution < -0.4 is 5.32 Å². The van der Waals surface area contributed by atoms with Crippen molar-refractivity contribution in [1.82, 2.24) is 15.1 Å². The molecule has 1 saturated carbocycles. The van der Waals surface area contributed by atoms with E-state index in [0.717, 1.165) is 12.2 Å². The van der Waals surface area contributed by atoms with E-state index >= 15 is 0 Å². The molecule has 0 atom stereocenters. The lowest BCUT2D eigenvalue weighted by atomic mass is 9.78. The number of nitrogens with zero attached hydrogens (tertiary/aromatic N) is 2. The van der Waals surface area contributed by atoms with Crippen LogP contribution in [-0.4, -0.2) is 15.3 Å². The van der Waals surface area contributed by atoms with Crippen LogP contribution in [0.5, 0.6) is 0 Å². The summed E-state index contributed by atoms with van der Waals surface area (Å²) < 4.78 is 1.88. The molecule has 3 nitrogen and oxygen atoms in total. The molecule has 0 bridgehead atoms. The molecular weight excluding hydrogens is 222 g/mol. The van der Waals surface area contributed by atoms with Gasteiger partial charge >= 0.3 is 0 Å². The summed E-state index contributed by atoms with van der Waals surface area (Å²) in [7, 11) is 0. The van der Waals surface area contributed by atoms with Gasteiger partial charge in [0.25, 0.3) is 0 Å². The number of nitrogens with one attached hydrogen (secondary N) is 1. The summed E-state index contributed by atoms with van der Waals surface area (Å²) >= 11 is 0. The van der Waals surface area contributed by atoms with E-state index in [1.807, 2.05) is 16.9 Å². The molecular formula is C15H19N3. The lowest BCUT2D eigenvalue weighted by molar-refractivity contribution is 0.207. The molecule has 0 spiro atoms. The molecule has 0 aliphatic heterocycles. The van der Waals surface area contributed by atoms with Crippen molar-refractivity contribution in [3.63, 3.8) is 0 Å². The quantitative estimate of drug-likeness (QED) is 0.892. The van der Waals surface area contributed by atoms with E-state index in [4.69, 9.17) is 0 Å². The Morgan fingerprint density at radius 2 is 2.06 bits per heavy atom. The van der Waals surface area contributed by atoms with E-state index < -0.39 is 0 Å². The summed E-state index contributed by atoms with van der Waals surface area (Å²) in [6, 6.07) is 10.5. The summed E-state index contributed by atoms with van der Waals surface area (Å²) in [5, 5.41) is 7.87. The van der Waals surface area contributed by atoms with Crippen LogP contribution >= 0.6 is 0 Å². The SMILES string of the molecule is CC1(NCc2ccc(-n3cccn3)cc2)CCC1. The van der Waals surface area contributed by atoms with Gasteiger partial charge in [-0.1, -0.05) is 12.1 Å². The lowest BCUT2D eigenvalue weighted by Gasteiger charge is -2.39. The molecule has 0 saturated heterocycles. The Morgan fingerprint density at radius 1 is 1.28 bits per heavy atom. The van der Waals surface area contributed by atoms with Gasteiger partial charge in [0.05, 0.1) is 5.69 Å². The lowest BCUT2D eigenvalue weighted by Crippen LogP contribution is -2.47. The summed E-state index contributed by atoms with van der Waals surface area (Å²) in [5.74, 6) is 0. The van der Waals surface area contributed by atoms with Crippen LogP contribution in [0.15, 0.2) is 42.7 Å². The molecule has 1 aliphatic carbocycles. The fourth-order valence-electron chi connectivity index (χ4n) is 2.39. The zero-order chi connectivity index (χ0) is 12.4. The summed E-state index contributed by atoms with van der Waals surface area (Å²) in [5.41, 5.74) is 2.82. The first-order chi connectivity index (χ1) is 8.75. The van der Waals surface area contributed by atoms with Gasteiger partial charge in [0.2, 0.25) is 0 Å². The fraction of sp³-hybridized carbons (Fsp3) is 0.400. The minimum Gasteiger partial charge on any atom is -0.307 e. The molecule has 94 valence electrons. The Hall–Kier alpha value is -1.61. The Labute approximate surface area is 108 Å². The van der Waals surface area contributed by atoms with E-state index in [1.54, 1.807) is 6.20 Å². The standard InChI is InChI=1S/C15H19N3/c1-15(8-2-9-15)16-12-13-4-6-14(7-5-13)18-11-3-10-17-18/h3-7,10-11,16H,2,8-9,12H2,1H3. The molecule has 1 fully saturated rings. The van der Waals surface area contributed by atoms with Crippen molar-refractivity contribution in [3.8, 4) is 5.69 Å². The van der Waals surface area contributed by atoms with Crippen molar-refractivity contribution in [3.05, 3.63) is 48.3 Å². The molecule has 0 radical (unpaired) electrons. The van der Waals surface area contributed by atoms with Gasteiger partial charge in [-0.25, -0.2) is 4.68 Å². The molecule has 1 aliphatic rings. The van der Waals surface area contributed by atoms with Crippen LogP contribution in [0.25, 0.3) is 5.69 Å². The minimum absolute atomic E-state index is 0.376. The molecule has 2 aromatic rings. The minimum atomic E-state index is 0.376. The van der Waals surface area contributed by atoms with Gasteiger partial charge in [-0.05, 0) is 49.9 Å². The van der Waals surface area contributed by atoms with Crippen molar-refractivity contribution < 1.29 is 0 Å². The number of benzene rings is 1. The smallest absolute Gasteiger partial charge is 0.0645 e. The van der Waals surface area contributed by atoms with Crippen LogP contribution in [0.2, 0.25) is 0 Å². The highest BCUT2D eigenvalue weighted by Crippen LogP contribution is 2.31. The zero-order valence-electron chi connectivity index (χ0n) is 10.8. The Kier molecular flexibility index (Phi) is 2.92. The second-order valence-corrected chi connectivity index (χ2v) is 5.38. The van der Waals surface area contributed by atoms with E-state index in [2.05, 4.69) is 41.6 Å². The molecule has 0 unspecified atom stereocenters. The maximum Gasteiger partial charge on any atom is 0.0645 e. The summed E-state index contributed by atoms with van der Waals surface area (Å²) in [4.78, 5) is 0. The monoisotopic (exact) mass is 241 g/mol. The molecule has 0 amide bonds. The van der Waals surface area contributed by atoms with Gasteiger partial charge in [-0.2, -0.15) is 5.10 Å². The molecule has 3 rings (SSSR count). The van der Waals surface area contributed by atoms with Gasteiger partial charge in [0, 0.05) is 24.5 Å². The highest BCUT2D eigenvalue weighted by atomic mass is 15.3. The Morgan fingerprint density at radius 3 is 2.61 bits per heavy atom. The second kappa shape index (κ2) is 4.58. The summed E-state index contributed by atoms with van der Waals surface area (Å²) in [6.45, 7) is 3.27. The van der Waals surface area contributed by atoms with Gasteiger partial charge in [-0.15, -0.1) is 0 Å². The van der Waals surface area contributed by atoms with Crippen molar-refractivity contribution in [2.75, 3.05) is 0 Å². The third-order valence-electron chi connectivity index (χ3n) is 3.88. The molecule has 3 heteroatoms. The number of aromatic nitrogens is 2. The maximum absolute atomic E-state index is 4.22. The van der Waals surface area contributed by atoms with Crippen LogP contribution in [0.4, 0.5) is 0 Å². The predicted octanol–water partition coefficient (Wildman–Crippen LogP) is 2.90. The molecule has 1 aromatic heterocycles. The average Bonchev–Trinajstić information content (AvgIpc) is 2.88. The van der Waals surface area contributed by atoms with Gasteiger partial charge < -0.3 is 5.32 Å². The van der Waals surface area contributed by atoms with Crippen LogP contribution in [0, 0.1) is 0 Å². The number of hydrogen-bond acceptors (Lipinski definition) is 2. The zero-order valence-corrected chi connectivity index (χ0v) is 10.8. The molecule has 1 aromatic carbocycles. The van der Waals surface area contributed by atoms with E-state index in [9.17, 15) is 0 Å². The normalized spacial score (nSPS) is 17.4. The third-order valence-corrected chi connectivity index (χ3v) is 3.88. The maximum atomic E-state index is 4.22. The van der Waals surface area contributed by atoms with E-state index in [1.165, 1.54) is 24.8 Å². The molecule has 1 N–H and O–H groups in total. The fourth-order valence-corrected chi connectivity index (χ4v) is 2.39. The summed E-state index contributed by atoms with van der Waals surface area (Å²) in [6.07, 6.45) is 7.73. The van der Waals surface area contributed by atoms with Crippen molar-refractivity contribution in [2.24, 2.45) is 0 Å². The van der Waals surface area contributed by atoms with Crippen LogP contribution in [0.3, 0.4) is 0 Å².